The Morgan fingerprint density at radius 3 is 2.41 bits per heavy atom. The van der Waals surface area contributed by atoms with Crippen molar-refractivity contribution in [3.63, 3.8) is 0 Å². The van der Waals surface area contributed by atoms with Gasteiger partial charge in [0.15, 0.2) is 0 Å². The Bertz CT molecular complexity index is 1120. The largest absolute Gasteiger partial charge is 0.422 e. The molecule has 0 bridgehead atoms. The van der Waals surface area contributed by atoms with E-state index in [1.165, 1.54) is 35.6 Å². The van der Waals surface area contributed by atoms with E-state index in [9.17, 15) is 14.9 Å². The minimum atomic E-state index is -0.585. The number of ether oxygens (including phenoxy) is 1. The van der Waals surface area contributed by atoms with Crippen LogP contribution in [0.3, 0.4) is 0 Å². The highest BCUT2D eigenvalue weighted by molar-refractivity contribution is 7.21. The second kappa shape index (κ2) is 6.97. The molecule has 0 atom stereocenters. The lowest BCUT2D eigenvalue weighted by Crippen LogP contribution is -2.09. The first kappa shape index (κ1) is 16.9. The zero-order valence-corrected chi connectivity index (χ0v) is 14.7. The van der Waals surface area contributed by atoms with Gasteiger partial charge in [-0.3, -0.25) is 10.1 Å². The number of hydrogen-bond donors (Lipinski definition) is 0. The molecule has 0 aliphatic rings. The van der Waals surface area contributed by atoms with Gasteiger partial charge in [0.25, 0.3) is 5.69 Å². The summed E-state index contributed by atoms with van der Waals surface area (Å²) in [6, 6.07) is 20.3. The maximum absolute atomic E-state index is 12.4. The van der Waals surface area contributed by atoms with Crippen LogP contribution < -0.4 is 4.74 Å². The second-order valence-electron chi connectivity index (χ2n) is 5.68. The van der Waals surface area contributed by atoms with Crippen LogP contribution in [0.1, 0.15) is 10.4 Å². The average molecular weight is 376 g/mol. The number of nitro benzene ring substituents is 1. The van der Waals surface area contributed by atoms with Crippen molar-refractivity contribution < 1.29 is 14.5 Å². The number of non-ortho nitro benzene ring substituents is 1. The Kier molecular flexibility index (Phi) is 4.35. The molecular formula is C20H12N2O4S. The fourth-order valence-corrected chi connectivity index (χ4v) is 3.59. The van der Waals surface area contributed by atoms with Gasteiger partial charge in [0.2, 0.25) is 0 Å². The van der Waals surface area contributed by atoms with Crippen LogP contribution in [-0.4, -0.2) is 15.9 Å². The number of hydrogen-bond acceptors (Lipinski definition) is 6. The summed E-state index contributed by atoms with van der Waals surface area (Å²) in [5.41, 5.74) is 1.75. The third-order valence-corrected chi connectivity index (χ3v) is 5.00. The summed E-state index contributed by atoms with van der Waals surface area (Å²) in [5.74, 6) is -0.196. The molecule has 0 fully saturated rings. The number of carbonyl (C=O) groups is 1. The molecule has 4 rings (SSSR count). The fraction of sp³-hybridized carbons (Fsp3) is 0. The van der Waals surface area contributed by atoms with Gasteiger partial charge in [-0.25, -0.2) is 9.78 Å². The minimum absolute atomic E-state index is 0.0820. The molecule has 0 radical (unpaired) electrons. The molecule has 4 aromatic rings. The molecule has 0 unspecified atom stereocenters. The molecule has 0 aliphatic heterocycles. The van der Waals surface area contributed by atoms with E-state index < -0.39 is 10.9 Å². The van der Waals surface area contributed by atoms with Crippen LogP contribution >= 0.6 is 11.3 Å². The lowest BCUT2D eigenvalue weighted by molar-refractivity contribution is -0.384. The van der Waals surface area contributed by atoms with Crippen molar-refractivity contribution in [3.8, 4) is 16.3 Å². The summed E-state index contributed by atoms with van der Waals surface area (Å²) in [7, 11) is 0. The van der Waals surface area contributed by atoms with Gasteiger partial charge >= 0.3 is 5.97 Å². The van der Waals surface area contributed by atoms with E-state index in [-0.39, 0.29) is 11.3 Å². The summed E-state index contributed by atoms with van der Waals surface area (Å²) >= 11 is 1.52. The highest BCUT2D eigenvalue weighted by atomic mass is 32.1. The Morgan fingerprint density at radius 2 is 1.67 bits per heavy atom. The van der Waals surface area contributed by atoms with Gasteiger partial charge in [-0.1, -0.05) is 24.3 Å². The Hall–Kier alpha value is -3.58. The smallest absolute Gasteiger partial charge is 0.343 e. The molecule has 0 saturated heterocycles. The van der Waals surface area contributed by atoms with E-state index in [1.54, 1.807) is 12.1 Å². The van der Waals surface area contributed by atoms with Crippen molar-refractivity contribution in [2.24, 2.45) is 0 Å². The van der Waals surface area contributed by atoms with Crippen LogP contribution in [0.5, 0.6) is 5.75 Å². The SMILES string of the molecule is O=C(Oc1ccccc1-c1nc2ccccc2s1)c1ccc([N+](=O)[O-])cc1. The van der Waals surface area contributed by atoms with Crippen LogP contribution in [0.25, 0.3) is 20.8 Å². The number of benzene rings is 3. The summed E-state index contributed by atoms with van der Waals surface area (Å²) in [4.78, 5) is 27.3. The molecule has 3 aromatic carbocycles. The van der Waals surface area contributed by atoms with E-state index in [0.29, 0.717) is 11.3 Å². The minimum Gasteiger partial charge on any atom is -0.422 e. The lowest BCUT2D eigenvalue weighted by Gasteiger charge is -2.08. The van der Waals surface area contributed by atoms with Gasteiger partial charge in [0.1, 0.15) is 10.8 Å². The molecule has 0 aliphatic carbocycles. The van der Waals surface area contributed by atoms with E-state index >= 15 is 0 Å². The Labute approximate surface area is 157 Å². The first-order valence-electron chi connectivity index (χ1n) is 8.03. The van der Waals surface area contributed by atoms with Gasteiger partial charge in [0, 0.05) is 12.1 Å². The number of aromatic nitrogens is 1. The van der Waals surface area contributed by atoms with Gasteiger partial charge in [-0.15, -0.1) is 11.3 Å². The number of nitrogens with zero attached hydrogens (tertiary/aromatic N) is 2. The maximum Gasteiger partial charge on any atom is 0.343 e. The number of carbonyl (C=O) groups excluding carboxylic acids is 1. The molecular weight excluding hydrogens is 364 g/mol. The monoisotopic (exact) mass is 376 g/mol. The molecule has 0 amide bonds. The van der Waals surface area contributed by atoms with Crippen LogP contribution in [0.2, 0.25) is 0 Å². The summed E-state index contributed by atoms with van der Waals surface area (Å²) < 4.78 is 6.59. The number of esters is 1. The molecule has 0 saturated carbocycles. The lowest BCUT2D eigenvalue weighted by atomic mass is 10.2. The molecule has 132 valence electrons. The zero-order valence-electron chi connectivity index (χ0n) is 13.9. The maximum atomic E-state index is 12.4. The summed E-state index contributed by atoms with van der Waals surface area (Å²) in [6.45, 7) is 0. The fourth-order valence-electron chi connectivity index (χ4n) is 2.60. The third kappa shape index (κ3) is 3.40. The molecule has 6 nitrogen and oxygen atoms in total. The van der Waals surface area contributed by atoms with Crippen molar-refractivity contribution in [2.45, 2.75) is 0 Å². The summed E-state index contributed by atoms with van der Waals surface area (Å²) in [5, 5.41) is 11.5. The Morgan fingerprint density at radius 1 is 0.963 bits per heavy atom. The van der Waals surface area contributed by atoms with Gasteiger partial charge in [-0.2, -0.15) is 0 Å². The number of rotatable bonds is 4. The topological polar surface area (TPSA) is 82.3 Å². The first-order valence-corrected chi connectivity index (χ1v) is 8.85. The number of para-hydroxylation sites is 2. The normalized spacial score (nSPS) is 10.7. The number of nitro groups is 1. The van der Waals surface area contributed by atoms with Crippen molar-refractivity contribution in [1.82, 2.24) is 4.98 Å². The first-order chi connectivity index (χ1) is 13.1. The van der Waals surface area contributed by atoms with E-state index in [4.69, 9.17) is 4.74 Å². The van der Waals surface area contributed by atoms with Crippen molar-refractivity contribution >= 4 is 33.2 Å². The third-order valence-electron chi connectivity index (χ3n) is 3.93. The van der Waals surface area contributed by atoms with Crippen LogP contribution in [0, 0.1) is 10.1 Å². The highest BCUT2D eigenvalue weighted by Gasteiger charge is 2.16. The van der Waals surface area contributed by atoms with Gasteiger partial charge in [0.05, 0.1) is 26.3 Å². The van der Waals surface area contributed by atoms with Crippen molar-refractivity contribution in [2.75, 3.05) is 0 Å². The molecule has 7 heteroatoms. The van der Waals surface area contributed by atoms with Crippen LogP contribution in [-0.2, 0) is 0 Å². The van der Waals surface area contributed by atoms with E-state index in [2.05, 4.69) is 4.98 Å². The number of fused-ring (bicyclic) bond motifs is 1. The second-order valence-corrected chi connectivity index (χ2v) is 6.71. The van der Waals surface area contributed by atoms with Crippen LogP contribution in [0.4, 0.5) is 5.69 Å². The van der Waals surface area contributed by atoms with Crippen molar-refractivity contribution in [3.05, 3.63) is 88.5 Å². The number of thiazole rings is 1. The van der Waals surface area contributed by atoms with Crippen molar-refractivity contribution in [1.29, 1.82) is 0 Å². The highest BCUT2D eigenvalue weighted by Crippen LogP contribution is 2.35. The molecule has 1 aromatic heterocycles. The molecule has 1 heterocycles. The molecule has 0 spiro atoms. The average Bonchev–Trinajstić information content (AvgIpc) is 3.12. The van der Waals surface area contributed by atoms with Crippen LogP contribution in [0.15, 0.2) is 72.8 Å². The Balaban J connectivity index is 1.64. The summed E-state index contributed by atoms with van der Waals surface area (Å²) in [6.07, 6.45) is 0. The molecule has 27 heavy (non-hydrogen) atoms. The predicted octanol–water partition coefficient (Wildman–Crippen LogP) is 5.09. The molecule has 0 N–H and O–H groups in total. The predicted molar refractivity (Wildman–Crippen MR) is 103 cm³/mol. The quantitative estimate of drug-likeness (QED) is 0.214. The van der Waals surface area contributed by atoms with Gasteiger partial charge < -0.3 is 4.74 Å². The van der Waals surface area contributed by atoms with Gasteiger partial charge in [-0.05, 0) is 36.4 Å². The standard InChI is InChI=1S/C20H12N2O4S/c23-20(13-9-11-14(12-10-13)22(24)25)26-17-7-3-1-5-15(17)19-21-16-6-2-4-8-18(16)27-19/h1-12H. The van der Waals surface area contributed by atoms with E-state index in [0.717, 1.165) is 15.2 Å². The van der Waals surface area contributed by atoms with E-state index in [1.807, 2.05) is 36.4 Å². The zero-order chi connectivity index (χ0) is 18.8.